The lowest BCUT2D eigenvalue weighted by atomic mass is 10.1. The van der Waals surface area contributed by atoms with Gasteiger partial charge in [0.1, 0.15) is 0 Å². The van der Waals surface area contributed by atoms with Crippen molar-refractivity contribution in [3.8, 4) is 11.5 Å². The number of methoxy groups -OCH3 is 1. The van der Waals surface area contributed by atoms with E-state index in [4.69, 9.17) is 14.2 Å². The van der Waals surface area contributed by atoms with E-state index in [1.54, 1.807) is 24.4 Å². The molecule has 0 saturated heterocycles. The second-order valence-corrected chi connectivity index (χ2v) is 7.12. The highest BCUT2D eigenvalue weighted by atomic mass is 16.6. The molecule has 1 aromatic heterocycles. The molecule has 0 saturated carbocycles. The second kappa shape index (κ2) is 8.93. The second-order valence-electron chi connectivity index (χ2n) is 7.12. The van der Waals surface area contributed by atoms with Gasteiger partial charge in [0, 0.05) is 31.8 Å². The minimum Gasteiger partial charge on any atom is -0.493 e. The SMILES string of the molecule is COc1cccc([C@H]2OC(c3cccc(Cn4cccn4)c3)=NN2C(C)=O)c1OC(C)=O. The van der Waals surface area contributed by atoms with Crippen molar-refractivity contribution in [1.82, 2.24) is 14.8 Å². The molecule has 3 aromatic rings. The lowest BCUT2D eigenvalue weighted by Crippen LogP contribution is -2.26. The molecule has 0 N–H and O–H groups in total. The van der Waals surface area contributed by atoms with Gasteiger partial charge in [-0.15, -0.1) is 5.10 Å². The van der Waals surface area contributed by atoms with Crippen LogP contribution < -0.4 is 9.47 Å². The van der Waals surface area contributed by atoms with Crippen LogP contribution in [0.2, 0.25) is 0 Å². The predicted molar refractivity (Wildman–Crippen MR) is 115 cm³/mol. The highest BCUT2D eigenvalue weighted by molar-refractivity contribution is 5.96. The maximum atomic E-state index is 12.4. The summed E-state index contributed by atoms with van der Waals surface area (Å²) in [6, 6.07) is 14.6. The molecule has 0 bridgehead atoms. The lowest BCUT2D eigenvalue weighted by Gasteiger charge is -2.22. The molecule has 164 valence electrons. The first-order valence-electron chi connectivity index (χ1n) is 9.93. The summed E-state index contributed by atoms with van der Waals surface area (Å²) in [6.45, 7) is 3.27. The molecule has 32 heavy (non-hydrogen) atoms. The molecule has 2 heterocycles. The van der Waals surface area contributed by atoms with Gasteiger partial charge in [-0.05, 0) is 35.9 Å². The van der Waals surface area contributed by atoms with Crippen molar-refractivity contribution in [2.24, 2.45) is 5.10 Å². The number of aromatic nitrogens is 2. The third kappa shape index (κ3) is 4.31. The first-order chi connectivity index (χ1) is 15.5. The fourth-order valence-corrected chi connectivity index (χ4v) is 3.41. The van der Waals surface area contributed by atoms with E-state index >= 15 is 0 Å². The number of amides is 1. The quantitative estimate of drug-likeness (QED) is 0.437. The predicted octanol–water partition coefficient (Wildman–Crippen LogP) is 3.10. The highest BCUT2D eigenvalue weighted by Gasteiger charge is 2.36. The van der Waals surface area contributed by atoms with Crippen LogP contribution in [0, 0.1) is 0 Å². The van der Waals surface area contributed by atoms with Crippen LogP contribution in [0.4, 0.5) is 0 Å². The van der Waals surface area contributed by atoms with Gasteiger partial charge in [0.05, 0.1) is 19.2 Å². The van der Waals surface area contributed by atoms with E-state index in [1.807, 2.05) is 41.2 Å². The van der Waals surface area contributed by atoms with Crippen LogP contribution in [-0.4, -0.2) is 39.7 Å². The summed E-state index contributed by atoms with van der Waals surface area (Å²) in [6.07, 6.45) is 2.68. The number of hydrazone groups is 1. The molecular formula is C23H22N4O5. The van der Waals surface area contributed by atoms with Gasteiger partial charge in [0.15, 0.2) is 11.5 Å². The molecule has 2 aromatic carbocycles. The van der Waals surface area contributed by atoms with Crippen molar-refractivity contribution in [2.45, 2.75) is 26.6 Å². The molecule has 0 fully saturated rings. The molecule has 1 aliphatic heterocycles. The third-order valence-electron chi connectivity index (χ3n) is 4.79. The topological polar surface area (TPSA) is 95.2 Å². The van der Waals surface area contributed by atoms with Crippen LogP contribution >= 0.6 is 0 Å². The molecule has 9 heteroatoms. The number of rotatable bonds is 6. The Morgan fingerprint density at radius 2 is 1.94 bits per heavy atom. The van der Waals surface area contributed by atoms with Crippen LogP contribution in [0.1, 0.15) is 36.8 Å². The molecular weight excluding hydrogens is 412 g/mol. The molecule has 1 aliphatic rings. The fraction of sp³-hybridized carbons (Fsp3) is 0.217. The fourth-order valence-electron chi connectivity index (χ4n) is 3.41. The van der Waals surface area contributed by atoms with E-state index in [2.05, 4.69) is 10.2 Å². The number of hydrogen-bond donors (Lipinski definition) is 0. The number of ether oxygens (including phenoxy) is 3. The highest BCUT2D eigenvalue weighted by Crippen LogP contribution is 2.40. The average molecular weight is 434 g/mol. The Morgan fingerprint density at radius 1 is 1.12 bits per heavy atom. The van der Waals surface area contributed by atoms with Gasteiger partial charge in [0.25, 0.3) is 0 Å². The van der Waals surface area contributed by atoms with Gasteiger partial charge in [0.2, 0.25) is 18.0 Å². The van der Waals surface area contributed by atoms with Gasteiger partial charge in [-0.2, -0.15) is 10.1 Å². The normalized spacial score (nSPS) is 15.2. The number of carbonyl (C=O) groups excluding carboxylic acids is 2. The minimum atomic E-state index is -0.915. The maximum absolute atomic E-state index is 12.4. The van der Waals surface area contributed by atoms with Crippen molar-refractivity contribution in [3.63, 3.8) is 0 Å². The van der Waals surface area contributed by atoms with Crippen molar-refractivity contribution in [3.05, 3.63) is 77.6 Å². The number of carbonyl (C=O) groups is 2. The Balaban J connectivity index is 1.67. The van der Waals surface area contributed by atoms with E-state index in [-0.39, 0.29) is 17.6 Å². The van der Waals surface area contributed by atoms with Gasteiger partial charge in [-0.25, -0.2) is 0 Å². The first kappa shape index (κ1) is 21.1. The van der Waals surface area contributed by atoms with Crippen molar-refractivity contribution >= 4 is 17.8 Å². The largest absolute Gasteiger partial charge is 0.493 e. The van der Waals surface area contributed by atoms with Gasteiger partial charge >= 0.3 is 5.97 Å². The van der Waals surface area contributed by atoms with Crippen LogP contribution in [-0.2, 0) is 20.9 Å². The number of hydrogen-bond acceptors (Lipinski definition) is 7. The van der Waals surface area contributed by atoms with Gasteiger partial charge < -0.3 is 14.2 Å². The van der Waals surface area contributed by atoms with Crippen LogP contribution in [0.25, 0.3) is 0 Å². The lowest BCUT2D eigenvalue weighted by molar-refractivity contribution is -0.135. The molecule has 1 amide bonds. The van der Waals surface area contributed by atoms with Gasteiger partial charge in [-0.3, -0.25) is 14.3 Å². The Bertz CT molecular complexity index is 1170. The third-order valence-corrected chi connectivity index (χ3v) is 4.79. The zero-order chi connectivity index (χ0) is 22.7. The summed E-state index contributed by atoms with van der Waals surface area (Å²) in [4.78, 5) is 24.0. The van der Waals surface area contributed by atoms with E-state index in [0.29, 0.717) is 23.4 Å². The molecule has 0 spiro atoms. The van der Waals surface area contributed by atoms with Crippen LogP contribution in [0.3, 0.4) is 0 Å². The smallest absolute Gasteiger partial charge is 0.308 e. The number of nitrogens with zero attached hydrogens (tertiary/aromatic N) is 4. The Morgan fingerprint density at radius 3 is 2.62 bits per heavy atom. The summed E-state index contributed by atoms with van der Waals surface area (Å²) >= 11 is 0. The zero-order valence-corrected chi connectivity index (χ0v) is 17.9. The molecule has 4 rings (SSSR count). The van der Waals surface area contributed by atoms with Crippen LogP contribution in [0.15, 0.2) is 66.0 Å². The standard InChI is InChI=1S/C23H22N4O5/c1-15(28)27-23(19-9-5-10-20(30-3)21(19)31-16(2)29)32-22(25-27)18-8-4-7-17(13-18)14-26-12-6-11-24-26/h4-13,23H,14H2,1-3H3/t23-/m1/s1. The minimum absolute atomic E-state index is 0.183. The Labute approximate surface area is 184 Å². The Kier molecular flexibility index (Phi) is 5.89. The van der Waals surface area contributed by atoms with E-state index in [1.165, 1.54) is 26.0 Å². The van der Waals surface area contributed by atoms with Gasteiger partial charge in [-0.1, -0.05) is 18.2 Å². The summed E-state index contributed by atoms with van der Waals surface area (Å²) < 4.78 is 18.6. The molecule has 0 unspecified atom stereocenters. The van der Waals surface area contributed by atoms with Crippen molar-refractivity contribution < 1.29 is 23.8 Å². The number of esters is 1. The maximum Gasteiger partial charge on any atom is 0.308 e. The summed E-state index contributed by atoms with van der Waals surface area (Å²) in [5.74, 6) is -0.0314. The van der Waals surface area contributed by atoms with E-state index in [9.17, 15) is 9.59 Å². The summed E-state index contributed by atoms with van der Waals surface area (Å²) in [5, 5.41) is 9.85. The van der Waals surface area contributed by atoms with Crippen LogP contribution in [0.5, 0.6) is 11.5 Å². The molecule has 0 radical (unpaired) electrons. The monoisotopic (exact) mass is 434 g/mol. The first-order valence-corrected chi connectivity index (χ1v) is 9.93. The molecule has 1 atom stereocenters. The van der Waals surface area contributed by atoms with Crippen molar-refractivity contribution in [2.75, 3.05) is 7.11 Å². The van der Waals surface area contributed by atoms with E-state index in [0.717, 1.165) is 5.56 Å². The van der Waals surface area contributed by atoms with E-state index < -0.39 is 12.2 Å². The summed E-state index contributed by atoms with van der Waals surface area (Å²) in [7, 11) is 1.47. The number of para-hydroxylation sites is 1. The number of benzene rings is 2. The van der Waals surface area contributed by atoms with Crippen molar-refractivity contribution in [1.29, 1.82) is 0 Å². The molecule has 9 nitrogen and oxygen atoms in total. The average Bonchev–Trinajstić information content (AvgIpc) is 3.44. The zero-order valence-electron chi connectivity index (χ0n) is 17.9. The summed E-state index contributed by atoms with van der Waals surface area (Å²) in [5.41, 5.74) is 2.15. The molecule has 0 aliphatic carbocycles. The Hall–Kier alpha value is -4.14.